The van der Waals surface area contributed by atoms with Crippen LogP contribution in [0.4, 0.5) is 0 Å². The summed E-state index contributed by atoms with van der Waals surface area (Å²) in [6, 6.07) is 17.4. The minimum absolute atomic E-state index is 0.213. The molecule has 2 aromatic carbocycles. The number of hydrogen-bond donors (Lipinski definition) is 0. The van der Waals surface area contributed by atoms with Crippen LogP contribution in [0.5, 0.6) is 0 Å². The van der Waals surface area contributed by atoms with E-state index in [4.69, 9.17) is 16.0 Å². The van der Waals surface area contributed by atoms with E-state index in [9.17, 15) is 13.2 Å². The van der Waals surface area contributed by atoms with Crippen LogP contribution >= 0.6 is 11.6 Å². The number of amides is 1. The van der Waals surface area contributed by atoms with Crippen molar-refractivity contribution in [1.29, 1.82) is 0 Å². The minimum atomic E-state index is -3.60. The molecule has 4 rings (SSSR count). The van der Waals surface area contributed by atoms with Gasteiger partial charge in [0.05, 0.1) is 9.92 Å². The number of halogens is 1. The Morgan fingerprint density at radius 3 is 2.42 bits per heavy atom. The topological polar surface area (TPSA) is 70.8 Å². The molecule has 1 saturated heterocycles. The molecule has 162 valence electrons. The molecular formula is C23H23ClN2O4S. The smallest absolute Gasteiger partial charge is 0.289 e. The van der Waals surface area contributed by atoms with Gasteiger partial charge in [0.15, 0.2) is 5.76 Å². The number of carbonyl (C=O) groups is 1. The fourth-order valence-electron chi connectivity index (χ4n) is 3.61. The van der Waals surface area contributed by atoms with Gasteiger partial charge in [0.1, 0.15) is 5.76 Å². The second-order valence-corrected chi connectivity index (χ2v) is 9.85. The van der Waals surface area contributed by atoms with Gasteiger partial charge in [0.25, 0.3) is 5.91 Å². The first kappa shape index (κ1) is 21.6. The molecule has 8 heteroatoms. The maximum absolute atomic E-state index is 13.0. The Balaban J connectivity index is 1.47. The van der Waals surface area contributed by atoms with Gasteiger partial charge in [-0.15, -0.1) is 0 Å². The molecule has 0 saturated carbocycles. The fraction of sp³-hybridized carbons (Fsp3) is 0.261. The molecule has 1 aliphatic rings. The highest BCUT2D eigenvalue weighted by Crippen LogP contribution is 2.29. The van der Waals surface area contributed by atoms with Crippen LogP contribution in [-0.4, -0.2) is 49.7 Å². The van der Waals surface area contributed by atoms with Crippen LogP contribution in [0.2, 0.25) is 5.02 Å². The molecule has 1 amide bonds. The lowest BCUT2D eigenvalue weighted by Gasteiger charge is -2.21. The van der Waals surface area contributed by atoms with E-state index in [1.54, 1.807) is 47.4 Å². The molecule has 6 nitrogen and oxygen atoms in total. The Morgan fingerprint density at radius 1 is 0.935 bits per heavy atom. The lowest BCUT2D eigenvalue weighted by atomic mass is 10.2. The predicted octanol–water partition coefficient (Wildman–Crippen LogP) is 4.45. The van der Waals surface area contributed by atoms with Gasteiger partial charge in [-0.05, 0) is 49.7 Å². The van der Waals surface area contributed by atoms with Crippen molar-refractivity contribution in [2.24, 2.45) is 0 Å². The molecule has 0 radical (unpaired) electrons. The fourth-order valence-corrected chi connectivity index (χ4v) is 5.31. The molecule has 1 aromatic heterocycles. The molecule has 0 atom stereocenters. The second-order valence-electron chi connectivity index (χ2n) is 7.51. The summed E-state index contributed by atoms with van der Waals surface area (Å²) in [6.07, 6.45) is 0.551. The predicted molar refractivity (Wildman–Crippen MR) is 120 cm³/mol. The van der Waals surface area contributed by atoms with E-state index in [0.29, 0.717) is 36.8 Å². The normalized spacial score (nSPS) is 15.6. The Kier molecular flexibility index (Phi) is 6.18. The van der Waals surface area contributed by atoms with Crippen LogP contribution < -0.4 is 0 Å². The van der Waals surface area contributed by atoms with Crippen LogP contribution in [0.15, 0.2) is 70.0 Å². The van der Waals surface area contributed by atoms with Crippen molar-refractivity contribution in [2.45, 2.75) is 18.2 Å². The van der Waals surface area contributed by atoms with Gasteiger partial charge in [-0.25, -0.2) is 8.42 Å². The van der Waals surface area contributed by atoms with Gasteiger partial charge in [-0.1, -0.05) is 41.4 Å². The first-order chi connectivity index (χ1) is 14.9. The third kappa shape index (κ3) is 4.54. The third-order valence-corrected chi connectivity index (χ3v) is 7.60. The number of carbonyl (C=O) groups excluding carboxylic acids is 1. The maximum atomic E-state index is 13.0. The van der Waals surface area contributed by atoms with Crippen molar-refractivity contribution in [2.75, 3.05) is 26.2 Å². The van der Waals surface area contributed by atoms with Crippen LogP contribution in [-0.2, 0) is 10.0 Å². The zero-order valence-corrected chi connectivity index (χ0v) is 18.7. The number of sulfonamides is 1. The zero-order chi connectivity index (χ0) is 22.0. The molecule has 1 fully saturated rings. The molecular weight excluding hydrogens is 436 g/mol. The summed E-state index contributed by atoms with van der Waals surface area (Å²) in [5.74, 6) is 0.477. The lowest BCUT2D eigenvalue weighted by Crippen LogP contribution is -2.37. The highest BCUT2D eigenvalue weighted by molar-refractivity contribution is 7.89. The standard InChI is InChI=1S/C23H23ClN2O4S/c1-17-7-9-18(10-8-17)31(28,29)26-14-4-13-25(15-16-26)23(27)22-12-11-21(30-22)19-5-2-3-6-20(19)24/h2-3,5-12H,4,13-16H2,1H3. The number of hydrogen-bond acceptors (Lipinski definition) is 4. The maximum Gasteiger partial charge on any atom is 0.289 e. The lowest BCUT2D eigenvalue weighted by molar-refractivity contribution is 0.0733. The molecule has 0 spiro atoms. The summed E-state index contributed by atoms with van der Waals surface area (Å²) in [7, 11) is -3.60. The van der Waals surface area contributed by atoms with E-state index < -0.39 is 10.0 Å². The first-order valence-electron chi connectivity index (χ1n) is 10.1. The quantitative estimate of drug-likeness (QED) is 0.579. The average molecular weight is 459 g/mol. The van der Waals surface area contributed by atoms with Gasteiger partial charge in [-0.2, -0.15) is 4.31 Å². The Bertz CT molecular complexity index is 1190. The summed E-state index contributed by atoms with van der Waals surface area (Å²) >= 11 is 6.22. The summed E-state index contributed by atoms with van der Waals surface area (Å²) in [6.45, 7) is 3.27. The van der Waals surface area contributed by atoms with Gasteiger partial charge in [0.2, 0.25) is 10.0 Å². The molecule has 0 unspecified atom stereocenters. The summed E-state index contributed by atoms with van der Waals surface area (Å²) in [5, 5.41) is 0.544. The molecule has 2 heterocycles. The Morgan fingerprint density at radius 2 is 1.68 bits per heavy atom. The molecule has 0 N–H and O–H groups in total. The van der Waals surface area contributed by atoms with Crippen LogP contribution in [0.3, 0.4) is 0 Å². The molecule has 1 aliphatic heterocycles. The van der Waals surface area contributed by atoms with Gasteiger partial charge in [-0.3, -0.25) is 4.79 Å². The monoisotopic (exact) mass is 458 g/mol. The van der Waals surface area contributed by atoms with Crippen molar-refractivity contribution in [3.8, 4) is 11.3 Å². The Labute approximate surface area is 187 Å². The van der Waals surface area contributed by atoms with Crippen LogP contribution in [0.1, 0.15) is 22.5 Å². The number of furan rings is 1. The average Bonchev–Trinajstić information content (AvgIpc) is 3.10. The van der Waals surface area contributed by atoms with Crippen LogP contribution in [0.25, 0.3) is 11.3 Å². The number of nitrogens with zero attached hydrogens (tertiary/aromatic N) is 2. The summed E-state index contributed by atoms with van der Waals surface area (Å²) in [5.41, 5.74) is 1.72. The number of benzene rings is 2. The summed E-state index contributed by atoms with van der Waals surface area (Å²) in [4.78, 5) is 14.9. The minimum Gasteiger partial charge on any atom is -0.451 e. The van der Waals surface area contributed by atoms with Gasteiger partial charge in [0, 0.05) is 31.7 Å². The van der Waals surface area contributed by atoms with Crippen molar-refractivity contribution in [3.05, 3.63) is 77.0 Å². The van der Waals surface area contributed by atoms with Crippen molar-refractivity contribution in [3.63, 3.8) is 0 Å². The van der Waals surface area contributed by atoms with E-state index in [-0.39, 0.29) is 23.1 Å². The SMILES string of the molecule is Cc1ccc(S(=O)(=O)N2CCCN(C(=O)c3ccc(-c4ccccc4Cl)o3)CC2)cc1. The molecule has 31 heavy (non-hydrogen) atoms. The van der Waals surface area contributed by atoms with Gasteiger partial charge >= 0.3 is 0 Å². The van der Waals surface area contributed by atoms with Crippen molar-refractivity contribution in [1.82, 2.24) is 9.21 Å². The van der Waals surface area contributed by atoms with Gasteiger partial charge < -0.3 is 9.32 Å². The van der Waals surface area contributed by atoms with E-state index in [0.717, 1.165) is 11.1 Å². The van der Waals surface area contributed by atoms with Crippen molar-refractivity contribution >= 4 is 27.5 Å². The van der Waals surface area contributed by atoms with E-state index in [2.05, 4.69) is 0 Å². The zero-order valence-electron chi connectivity index (χ0n) is 17.1. The molecule has 3 aromatic rings. The second kappa shape index (κ2) is 8.86. The summed E-state index contributed by atoms with van der Waals surface area (Å²) < 4.78 is 33.2. The molecule has 0 bridgehead atoms. The largest absolute Gasteiger partial charge is 0.451 e. The van der Waals surface area contributed by atoms with E-state index in [1.165, 1.54) is 4.31 Å². The van der Waals surface area contributed by atoms with E-state index >= 15 is 0 Å². The Hall–Kier alpha value is -2.61. The highest BCUT2D eigenvalue weighted by atomic mass is 35.5. The molecule has 0 aliphatic carbocycles. The third-order valence-electron chi connectivity index (χ3n) is 5.36. The van der Waals surface area contributed by atoms with Crippen molar-refractivity contribution < 1.29 is 17.6 Å². The van der Waals surface area contributed by atoms with Crippen LogP contribution in [0, 0.1) is 6.92 Å². The van der Waals surface area contributed by atoms with E-state index in [1.807, 2.05) is 25.1 Å². The number of rotatable bonds is 4. The highest BCUT2D eigenvalue weighted by Gasteiger charge is 2.29. The first-order valence-corrected chi connectivity index (χ1v) is 11.9. The number of aryl methyl sites for hydroxylation is 1.